The van der Waals surface area contributed by atoms with E-state index in [9.17, 15) is 4.79 Å². The standard InChI is InChI=1S/C18H19NO3/c1-3-12-9-14-10-15(7-6-13(14)11-17(12)21-2)22-18(20)16-5-4-8-19-16/h3,6-7,9-11,16,19H,1,4-5,8H2,2H3. The summed E-state index contributed by atoms with van der Waals surface area (Å²) in [5, 5.41) is 5.16. The molecule has 0 saturated carbocycles. The van der Waals surface area contributed by atoms with Crippen LogP contribution in [0.15, 0.2) is 36.9 Å². The monoisotopic (exact) mass is 297 g/mol. The summed E-state index contributed by atoms with van der Waals surface area (Å²) in [4.78, 5) is 12.1. The van der Waals surface area contributed by atoms with E-state index in [0.29, 0.717) is 5.75 Å². The molecular formula is C18H19NO3. The van der Waals surface area contributed by atoms with E-state index >= 15 is 0 Å². The van der Waals surface area contributed by atoms with Gasteiger partial charge in [-0.25, -0.2) is 4.79 Å². The molecule has 0 radical (unpaired) electrons. The molecule has 3 rings (SSSR count). The van der Waals surface area contributed by atoms with E-state index in [0.717, 1.165) is 41.5 Å². The number of nitrogens with one attached hydrogen (secondary N) is 1. The van der Waals surface area contributed by atoms with Gasteiger partial charge in [0.2, 0.25) is 0 Å². The molecule has 4 nitrogen and oxygen atoms in total. The Morgan fingerprint density at radius 1 is 1.32 bits per heavy atom. The van der Waals surface area contributed by atoms with Crippen LogP contribution in [0.3, 0.4) is 0 Å². The Bertz CT molecular complexity index is 718. The lowest BCUT2D eigenvalue weighted by Crippen LogP contribution is -2.34. The summed E-state index contributed by atoms with van der Waals surface area (Å²) in [6.07, 6.45) is 3.60. The van der Waals surface area contributed by atoms with Gasteiger partial charge in [0.05, 0.1) is 7.11 Å². The van der Waals surface area contributed by atoms with Crippen molar-refractivity contribution < 1.29 is 14.3 Å². The number of hydrogen-bond donors (Lipinski definition) is 1. The van der Waals surface area contributed by atoms with Crippen LogP contribution in [0.5, 0.6) is 11.5 Å². The molecule has 2 aromatic carbocycles. The molecule has 1 saturated heterocycles. The average Bonchev–Trinajstić information content (AvgIpc) is 3.08. The normalized spacial score (nSPS) is 17.4. The number of carbonyl (C=O) groups excluding carboxylic acids is 1. The van der Waals surface area contributed by atoms with Crippen molar-refractivity contribution >= 4 is 22.8 Å². The maximum absolute atomic E-state index is 12.1. The van der Waals surface area contributed by atoms with Crippen LogP contribution in [0, 0.1) is 0 Å². The predicted octanol–water partition coefficient (Wildman–Crippen LogP) is 3.15. The molecule has 1 N–H and O–H groups in total. The molecule has 2 aromatic rings. The van der Waals surface area contributed by atoms with Gasteiger partial charge < -0.3 is 14.8 Å². The highest BCUT2D eigenvalue weighted by atomic mass is 16.5. The third-order valence-corrected chi connectivity index (χ3v) is 3.94. The van der Waals surface area contributed by atoms with Crippen molar-refractivity contribution in [3.8, 4) is 11.5 Å². The van der Waals surface area contributed by atoms with Gasteiger partial charge in [0.15, 0.2) is 0 Å². The summed E-state index contributed by atoms with van der Waals surface area (Å²) in [5.41, 5.74) is 0.913. The topological polar surface area (TPSA) is 47.6 Å². The van der Waals surface area contributed by atoms with E-state index in [1.165, 1.54) is 0 Å². The van der Waals surface area contributed by atoms with E-state index in [-0.39, 0.29) is 12.0 Å². The molecule has 0 amide bonds. The fourth-order valence-electron chi connectivity index (χ4n) is 2.75. The minimum atomic E-state index is -0.214. The molecule has 0 spiro atoms. The molecule has 1 aliphatic rings. The first-order chi connectivity index (χ1) is 10.7. The molecular weight excluding hydrogens is 278 g/mol. The summed E-state index contributed by atoms with van der Waals surface area (Å²) in [7, 11) is 1.64. The van der Waals surface area contributed by atoms with Crippen LogP contribution < -0.4 is 14.8 Å². The van der Waals surface area contributed by atoms with Crippen molar-refractivity contribution in [2.75, 3.05) is 13.7 Å². The summed E-state index contributed by atoms with van der Waals surface area (Å²) in [6, 6.07) is 9.35. The van der Waals surface area contributed by atoms with Crippen molar-refractivity contribution in [1.29, 1.82) is 0 Å². The molecule has 0 bridgehead atoms. The quantitative estimate of drug-likeness (QED) is 0.695. The first-order valence-corrected chi connectivity index (χ1v) is 7.40. The van der Waals surface area contributed by atoms with E-state index in [4.69, 9.17) is 9.47 Å². The van der Waals surface area contributed by atoms with Crippen LogP contribution in [0.1, 0.15) is 18.4 Å². The molecule has 0 aromatic heterocycles. The first-order valence-electron chi connectivity index (χ1n) is 7.40. The van der Waals surface area contributed by atoms with Crippen LogP contribution in [0.4, 0.5) is 0 Å². The Labute approximate surface area is 129 Å². The minimum Gasteiger partial charge on any atom is -0.496 e. The van der Waals surface area contributed by atoms with Gasteiger partial charge in [0, 0.05) is 5.56 Å². The zero-order valence-corrected chi connectivity index (χ0v) is 12.6. The number of methoxy groups -OCH3 is 1. The number of carbonyl (C=O) groups is 1. The predicted molar refractivity (Wildman–Crippen MR) is 87.3 cm³/mol. The van der Waals surface area contributed by atoms with Crippen molar-refractivity contribution in [2.45, 2.75) is 18.9 Å². The number of hydrogen-bond acceptors (Lipinski definition) is 4. The van der Waals surface area contributed by atoms with E-state index in [1.54, 1.807) is 13.2 Å². The van der Waals surface area contributed by atoms with Crippen LogP contribution in [0.2, 0.25) is 0 Å². The summed E-state index contributed by atoms with van der Waals surface area (Å²) in [5.74, 6) is 1.13. The number of benzene rings is 2. The molecule has 4 heteroatoms. The van der Waals surface area contributed by atoms with Gasteiger partial charge in [-0.3, -0.25) is 0 Å². The highest BCUT2D eigenvalue weighted by Gasteiger charge is 2.23. The third kappa shape index (κ3) is 2.83. The number of esters is 1. The molecule has 1 heterocycles. The molecule has 22 heavy (non-hydrogen) atoms. The van der Waals surface area contributed by atoms with Crippen LogP contribution in [-0.2, 0) is 4.79 Å². The number of fused-ring (bicyclic) bond motifs is 1. The van der Waals surface area contributed by atoms with Crippen LogP contribution in [-0.4, -0.2) is 25.7 Å². The molecule has 1 atom stereocenters. The lowest BCUT2D eigenvalue weighted by Gasteiger charge is -2.11. The molecule has 1 fully saturated rings. The Morgan fingerprint density at radius 3 is 2.86 bits per heavy atom. The average molecular weight is 297 g/mol. The highest BCUT2D eigenvalue weighted by Crippen LogP contribution is 2.29. The highest BCUT2D eigenvalue weighted by molar-refractivity contribution is 5.89. The Morgan fingerprint density at radius 2 is 2.18 bits per heavy atom. The largest absolute Gasteiger partial charge is 0.496 e. The summed E-state index contributed by atoms with van der Waals surface area (Å²) < 4.78 is 10.8. The van der Waals surface area contributed by atoms with E-state index in [1.807, 2.05) is 30.3 Å². The van der Waals surface area contributed by atoms with Crippen molar-refractivity contribution in [3.63, 3.8) is 0 Å². The van der Waals surface area contributed by atoms with Crippen molar-refractivity contribution in [2.24, 2.45) is 0 Å². The van der Waals surface area contributed by atoms with Crippen LogP contribution >= 0.6 is 0 Å². The van der Waals surface area contributed by atoms with E-state index < -0.39 is 0 Å². The molecule has 0 aliphatic carbocycles. The number of rotatable bonds is 4. The van der Waals surface area contributed by atoms with Gasteiger partial charge in [-0.2, -0.15) is 0 Å². The Kier molecular flexibility index (Phi) is 4.11. The zero-order valence-electron chi connectivity index (χ0n) is 12.6. The first kappa shape index (κ1) is 14.6. The van der Waals surface area contributed by atoms with Gasteiger partial charge in [0.1, 0.15) is 17.5 Å². The fourth-order valence-corrected chi connectivity index (χ4v) is 2.75. The second-order valence-electron chi connectivity index (χ2n) is 5.38. The smallest absolute Gasteiger partial charge is 0.328 e. The second kappa shape index (κ2) is 6.20. The molecule has 1 aliphatic heterocycles. The molecule has 1 unspecified atom stereocenters. The Balaban J connectivity index is 1.88. The van der Waals surface area contributed by atoms with Gasteiger partial charge in [0.25, 0.3) is 0 Å². The fraction of sp³-hybridized carbons (Fsp3) is 0.278. The lowest BCUT2D eigenvalue weighted by molar-refractivity contribution is -0.136. The number of ether oxygens (including phenoxy) is 2. The zero-order chi connectivity index (χ0) is 15.5. The third-order valence-electron chi connectivity index (χ3n) is 3.94. The second-order valence-corrected chi connectivity index (χ2v) is 5.38. The maximum atomic E-state index is 12.1. The van der Waals surface area contributed by atoms with Crippen molar-refractivity contribution in [1.82, 2.24) is 5.32 Å². The lowest BCUT2D eigenvalue weighted by atomic mass is 10.1. The summed E-state index contributed by atoms with van der Waals surface area (Å²) in [6.45, 7) is 4.67. The van der Waals surface area contributed by atoms with Gasteiger partial charge in [-0.15, -0.1) is 0 Å². The van der Waals surface area contributed by atoms with Gasteiger partial charge in [-0.1, -0.05) is 18.7 Å². The Hall–Kier alpha value is -2.33. The van der Waals surface area contributed by atoms with Gasteiger partial charge in [-0.05, 0) is 54.4 Å². The van der Waals surface area contributed by atoms with E-state index in [2.05, 4.69) is 11.9 Å². The summed E-state index contributed by atoms with van der Waals surface area (Å²) >= 11 is 0. The van der Waals surface area contributed by atoms with Gasteiger partial charge >= 0.3 is 5.97 Å². The maximum Gasteiger partial charge on any atom is 0.328 e. The molecule has 114 valence electrons. The minimum absolute atomic E-state index is 0.185. The SMILES string of the molecule is C=Cc1cc2cc(OC(=O)C3CCCN3)ccc2cc1OC. The van der Waals surface area contributed by atoms with Crippen LogP contribution in [0.25, 0.3) is 16.8 Å². The van der Waals surface area contributed by atoms with Crippen molar-refractivity contribution in [3.05, 3.63) is 42.5 Å².